The van der Waals surface area contributed by atoms with Crippen LogP contribution < -0.4 is 5.43 Å². The molecule has 110 valence electrons. The molecule has 0 spiro atoms. The molecule has 0 aromatic carbocycles. The zero-order valence-electron chi connectivity index (χ0n) is 11.9. The fourth-order valence-electron chi connectivity index (χ4n) is 1.22. The maximum atomic E-state index is 11.8. The molecular weight excluding hydrogens is 280 g/mol. The maximum absolute atomic E-state index is 11.8. The van der Waals surface area contributed by atoms with Crippen molar-refractivity contribution < 1.29 is 19.1 Å². The summed E-state index contributed by atoms with van der Waals surface area (Å²) in [5.74, 6) is -0.592. The summed E-state index contributed by atoms with van der Waals surface area (Å²) in [4.78, 5) is 23.9. The van der Waals surface area contributed by atoms with Crippen molar-refractivity contribution in [3.63, 3.8) is 0 Å². The van der Waals surface area contributed by atoms with E-state index in [9.17, 15) is 9.59 Å². The van der Waals surface area contributed by atoms with E-state index in [2.05, 4.69) is 10.5 Å². The monoisotopic (exact) mass is 298 g/mol. The SMILES string of the molecule is CCOC(=O)/C(=N\NC(=O)OC(C)(C)C)c1cccs1. The lowest BCUT2D eigenvalue weighted by Crippen LogP contribution is -2.31. The van der Waals surface area contributed by atoms with E-state index in [1.165, 1.54) is 11.3 Å². The topological polar surface area (TPSA) is 77.0 Å². The van der Waals surface area contributed by atoms with E-state index in [1.54, 1.807) is 45.2 Å². The van der Waals surface area contributed by atoms with Crippen LogP contribution in [0, 0.1) is 0 Å². The van der Waals surface area contributed by atoms with E-state index in [0.29, 0.717) is 4.88 Å². The average Bonchev–Trinajstić information content (AvgIpc) is 2.80. The van der Waals surface area contributed by atoms with Crippen LogP contribution >= 0.6 is 11.3 Å². The van der Waals surface area contributed by atoms with Gasteiger partial charge in [-0.2, -0.15) is 5.10 Å². The molecule has 0 aliphatic carbocycles. The van der Waals surface area contributed by atoms with Crippen molar-refractivity contribution in [3.8, 4) is 0 Å². The molecular formula is C13H18N2O4S. The molecule has 7 heteroatoms. The molecule has 6 nitrogen and oxygen atoms in total. The van der Waals surface area contributed by atoms with E-state index in [0.717, 1.165) is 0 Å². The second-order valence-corrected chi connectivity index (χ2v) is 5.72. The van der Waals surface area contributed by atoms with Crippen molar-refractivity contribution in [2.24, 2.45) is 5.10 Å². The third-order valence-electron chi connectivity index (χ3n) is 1.88. The highest BCUT2D eigenvalue weighted by Gasteiger charge is 2.19. The first kappa shape index (κ1) is 16.2. The summed E-state index contributed by atoms with van der Waals surface area (Å²) in [5, 5.41) is 5.60. The van der Waals surface area contributed by atoms with Gasteiger partial charge in [0.25, 0.3) is 0 Å². The Labute approximate surface area is 121 Å². The van der Waals surface area contributed by atoms with Gasteiger partial charge in [0.2, 0.25) is 0 Å². The normalized spacial score (nSPS) is 11.9. The first-order chi connectivity index (χ1) is 9.33. The maximum Gasteiger partial charge on any atom is 0.428 e. The van der Waals surface area contributed by atoms with Crippen LogP contribution in [0.2, 0.25) is 0 Å². The zero-order chi connectivity index (χ0) is 15.2. The smallest absolute Gasteiger partial charge is 0.428 e. The van der Waals surface area contributed by atoms with Gasteiger partial charge in [-0.1, -0.05) is 6.07 Å². The lowest BCUT2D eigenvalue weighted by atomic mass is 10.2. The minimum atomic E-state index is -0.726. The lowest BCUT2D eigenvalue weighted by Gasteiger charge is -2.18. The third kappa shape index (κ3) is 5.40. The van der Waals surface area contributed by atoms with Gasteiger partial charge in [-0.15, -0.1) is 11.3 Å². The molecule has 0 atom stereocenters. The summed E-state index contributed by atoms with van der Waals surface area (Å²) in [7, 11) is 0. The number of esters is 1. The number of hydrazone groups is 1. The van der Waals surface area contributed by atoms with Gasteiger partial charge in [0.1, 0.15) is 5.60 Å². The summed E-state index contributed by atoms with van der Waals surface area (Å²) in [6, 6.07) is 3.50. The minimum absolute atomic E-state index is 0.0488. The third-order valence-corrected chi connectivity index (χ3v) is 2.76. The summed E-state index contributed by atoms with van der Waals surface area (Å²) < 4.78 is 9.95. The first-order valence-electron chi connectivity index (χ1n) is 6.11. The fourth-order valence-corrected chi connectivity index (χ4v) is 1.92. The second-order valence-electron chi connectivity index (χ2n) is 4.77. The molecule has 1 amide bonds. The van der Waals surface area contributed by atoms with Gasteiger partial charge in [-0.05, 0) is 39.1 Å². The molecule has 0 saturated carbocycles. The summed E-state index contributed by atoms with van der Waals surface area (Å²) >= 11 is 1.33. The number of nitrogens with one attached hydrogen (secondary N) is 1. The minimum Gasteiger partial charge on any atom is -0.461 e. The summed E-state index contributed by atoms with van der Waals surface area (Å²) in [6.45, 7) is 7.15. The van der Waals surface area contributed by atoms with Gasteiger partial charge < -0.3 is 9.47 Å². The number of carbonyl (C=O) groups excluding carboxylic acids is 2. The predicted octanol–water partition coefficient (Wildman–Crippen LogP) is 2.54. The van der Waals surface area contributed by atoms with Crippen molar-refractivity contribution >= 4 is 29.1 Å². The van der Waals surface area contributed by atoms with Crippen LogP contribution in [-0.4, -0.2) is 30.0 Å². The number of thiophene rings is 1. The Hall–Kier alpha value is -1.89. The van der Waals surface area contributed by atoms with Crippen molar-refractivity contribution in [1.29, 1.82) is 0 Å². The van der Waals surface area contributed by atoms with Gasteiger partial charge in [-0.25, -0.2) is 15.0 Å². The molecule has 1 heterocycles. The van der Waals surface area contributed by atoms with Crippen LogP contribution in [0.15, 0.2) is 22.6 Å². The Morgan fingerprint density at radius 1 is 1.40 bits per heavy atom. The molecule has 1 aromatic heterocycles. The molecule has 0 fully saturated rings. The number of amides is 1. The van der Waals surface area contributed by atoms with E-state index in [1.807, 2.05) is 0 Å². The molecule has 0 unspecified atom stereocenters. The van der Waals surface area contributed by atoms with E-state index in [4.69, 9.17) is 9.47 Å². The molecule has 0 saturated heterocycles. The Morgan fingerprint density at radius 2 is 2.10 bits per heavy atom. The molecule has 0 bridgehead atoms. The standard InChI is InChI=1S/C13H18N2O4S/c1-5-18-11(16)10(9-7-6-8-20-9)14-15-12(17)19-13(2,3)4/h6-8H,5H2,1-4H3,(H,15,17)/b14-10-. The van der Waals surface area contributed by atoms with Crippen molar-refractivity contribution in [2.75, 3.05) is 6.61 Å². The first-order valence-corrected chi connectivity index (χ1v) is 6.99. The van der Waals surface area contributed by atoms with Crippen molar-refractivity contribution in [3.05, 3.63) is 22.4 Å². The van der Waals surface area contributed by atoms with E-state index >= 15 is 0 Å². The number of nitrogens with zero attached hydrogens (tertiary/aromatic N) is 1. The van der Waals surface area contributed by atoms with Gasteiger partial charge >= 0.3 is 12.1 Å². The average molecular weight is 298 g/mol. The van der Waals surface area contributed by atoms with Crippen molar-refractivity contribution in [2.45, 2.75) is 33.3 Å². The predicted molar refractivity (Wildman–Crippen MR) is 76.9 cm³/mol. The highest BCUT2D eigenvalue weighted by molar-refractivity contribution is 7.13. The number of hydrogen-bond donors (Lipinski definition) is 1. The number of carbonyl (C=O) groups is 2. The van der Waals surface area contributed by atoms with Crippen molar-refractivity contribution in [1.82, 2.24) is 5.43 Å². The Balaban J connectivity index is 2.81. The quantitative estimate of drug-likeness (QED) is 0.526. The van der Waals surface area contributed by atoms with Crippen LogP contribution in [0.3, 0.4) is 0 Å². The van der Waals surface area contributed by atoms with Crippen LogP contribution in [0.5, 0.6) is 0 Å². The van der Waals surface area contributed by atoms with Crippen LogP contribution in [-0.2, 0) is 14.3 Å². The van der Waals surface area contributed by atoms with E-state index < -0.39 is 17.7 Å². The van der Waals surface area contributed by atoms with Crippen LogP contribution in [0.25, 0.3) is 0 Å². The highest BCUT2D eigenvalue weighted by Crippen LogP contribution is 2.11. The molecule has 0 aliphatic rings. The van der Waals surface area contributed by atoms with E-state index in [-0.39, 0.29) is 12.3 Å². The Morgan fingerprint density at radius 3 is 2.60 bits per heavy atom. The van der Waals surface area contributed by atoms with Crippen LogP contribution in [0.1, 0.15) is 32.6 Å². The van der Waals surface area contributed by atoms with Gasteiger partial charge in [-0.3, -0.25) is 0 Å². The molecule has 1 rings (SSSR count). The van der Waals surface area contributed by atoms with Gasteiger partial charge in [0, 0.05) is 0 Å². The summed E-state index contributed by atoms with van der Waals surface area (Å²) in [5.41, 5.74) is 1.62. The fraction of sp³-hybridized carbons (Fsp3) is 0.462. The van der Waals surface area contributed by atoms with Gasteiger partial charge in [0.05, 0.1) is 11.5 Å². The Bertz CT molecular complexity index is 489. The summed E-state index contributed by atoms with van der Waals surface area (Å²) in [6.07, 6.45) is -0.726. The van der Waals surface area contributed by atoms with Gasteiger partial charge in [0.15, 0.2) is 5.71 Å². The highest BCUT2D eigenvalue weighted by atomic mass is 32.1. The molecule has 1 aromatic rings. The Kier molecular flexibility index (Phi) is 5.69. The largest absolute Gasteiger partial charge is 0.461 e. The molecule has 1 N–H and O–H groups in total. The number of hydrogen-bond acceptors (Lipinski definition) is 6. The lowest BCUT2D eigenvalue weighted by molar-refractivity contribution is -0.134. The second kappa shape index (κ2) is 7.04. The number of ether oxygens (including phenoxy) is 2. The van der Waals surface area contributed by atoms with Crippen LogP contribution in [0.4, 0.5) is 4.79 Å². The molecule has 20 heavy (non-hydrogen) atoms. The zero-order valence-corrected chi connectivity index (χ0v) is 12.7. The number of rotatable bonds is 4. The molecule has 0 radical (unpaired) electrons. The molecule has 0 aliphatic heterocycles.